The van der Waals surface area contributed by atoms with Crippen LogP contribution in [0.15, 0.2) is 0 Å². The van der Waals surface area contributed by atoms with Crippen molar-refractivity contribution in [3.8, 4) is 0 Å². The van der Waals surface area contributed by atoms with Crippen LogP contribution in [0.25, 0.3) is 0 Å². The van der Waals surface area contributed by atoms with Gasteiger partial charge in [0.15, 0.2) is 0 Å². The predicted molar refractivity (Wildman–Crippen MR) is 56.9 cm³/mol. The maximum atomic E-state index is 11.4. The van der Waals surface area contributed by atoms with Crippen LogP contribution in [0.3, 0.4) is 0 Å². The number of nitrogens with one attached hydrogen (secondary N) is 1. The molecule has 0 aromatic carbocycles. The van der Waals surface area contributed by atoms with Crippen LogP contribution in [0, 0.1) is 5.92 Å². The lowest BCUT2D eigenvalue weighted by Crippen LogP contribution is -2.40. The summed E-state index contributed by atoms with van der Waals surface area (Å²) in [6.45, 7) is 6.46. The Balaban J connectivity index is 3.75. The Labute approximate surface area is 86.2 Å². The first kappa shape index (κ1) is 13.4. The SMILES string of the molecule is COCC(C)NC(=O)CC(N)C(C)C. The maximum Gasteiger partial charge on any atom is 0.221 e. The van der Waals surface area contributed by atoms with Gasteiger partial charge in [0.25, 0.3) is 0 Å². The summed E-state index contributed by atoms with van der Waals surface area (Å²) >= 11 is 0. The van der Waals surface area contributed by atoms with Crippen molar-refractivity contribution in [2.24, 2.45) is 11.7 Å². The van der Waals surface area contributed by atoms with Crippen molar-refractivity contribution in [1.29, 1.82) is 0 Å². The molecule has 0 fully saturated rings. The Bertz CT molecular complexity index is 172. The molecule has 0 radical (unpaired) electrons. The van der Waals surface area contributed by atoms with Gasteiger partial charge in [-0.15, -0.1) is 0 Å². The molecule has 4 heteroatoms. The predicted octanol–water partition coefficient (Wildman–Crippen LogP) is 0.511. The second kappa shape index (κ2) is 6.79. The Hall–Kier alpha value is -0.610. The Morgan fingerprint density at radius 2 is 2.00 bits per heavy atom. The molecule has 0 heterocycles. The molecule has 0 aliphatic carbocycles. The largest absolute Gasteiger partial charge is 0.383 e. The monoisotopic (exact) mass is 202 g/mol. The molecule has 1 amide bonds. The molecule has 4 nitrogen and oxygen atoms in total. The van der Waals surface area contributed by atoms with Gasteiger partial charge in [0.2, 0.25) is 5.91 Å². The molecule has 0 saturated heterocycles. The van der Waals surface area contributed by atoms with E-state index in [-0.39, 0.29) is 18.0 Å². The van der Waals surface area contributed by atoms with E-state index in [0.29, 0.717) is 18.9 Å². The number of amides is 1. The molecule has 0 bridgehead atoms. The normalized spacial score (nSPS) is 15.3. The van der Waals surface area contributed by atoms with Gasteiger partial charge in [0.1, 0.15) is 0 Å². The van der Waals surface area contributed by atoms with Gasteiger partial charge in [-0.3, -0.25) is 4.79 Å². The van der Waals surface area contributed by atoms with Crippen LogP contribution in [-0.2, 0) is 9.53 Å². The van der Waals surface area contributed by atoms with Crippen LogP contribution < -0.4 is 11.1 Å². The molecule has 14 heavy (non-hydrogen) atoms. The highest BCUT2D eigenvalue weighted by Crippen LogP contribution is 2.02. The number of rotatable bonds is 6. The minimum atomic E-state index is -0.0651. The zero-order chi connectivity index (χ0) is 11.1. The summed E-state index contributed by atoms with van der Waals surface area (Å²) in [5, 5.41) is 2.82. The van der Waals surface area contributed by atoms with Crippen LogP contribution in [-0.4, -0.2) is 31.7 Å². The summed E-state index contributed by atoms with van der Waals surface area (Å²) in [5.74, 6) is 0.328. The number of hydrogen-bond acceptors (Lipinski definition) is 3. The third kappa shape index (κ3) is 5.94. The van der Waals surface area contributed by atoms with Gasteiger partial charge in [0, 0.05) is 25.6 Å². The standard InChI is InChI=1S/C10H22N2O2/c1-7(2)9(11)5-10(13)12-8(3)6-14-4/h7-9H,5-6,11H2,1-4H3,(H,12,13). The highest BCUT2D eigenvalue weighted by atomic mass is 16.5. The molecular formula is C10H22N2O2. The molecule has 0 aromatic heterocycles. The van der Waals surface area contributed by atoms with E-state index >= 15 is 0 Å². The lowest BCUT2D eigenvalue weighted by molar-refractivity contribution is -0.122. The quantitative estimate of drug-likeness (QED) is 0.659. The Morgan fingerprint density at radius 3 is 2.43 bits per heavy atom. The van der Waals surface area contributed by atoms with Crippen LogP contribution >= 0.6 is 0 Å². The second-order valence-electron chi connectivity index (χ2n) is 4.04. The van der Waals surface area contributed by atoms with Crippen molar-refractivity contribution < 1.29 is 9.53 Å². The highest BCUT2D eigenvalue weighted by Gasteiger charge is 2.14. The Kier molecular flexibility index (Phi) is 6.49. The van der Waals surface area contributed by atoms with Crippen molar-refractivity contribution in [2.45, 2.75) is 39.3 Å². The summed E-state index contributed by atoms with van der Waals surface area (Å²) < 4.78 is 4.91. The van der Waals surface area contributed by atoms with Gasteiger partial charge in [-0.2, -0.15) is 0 Å². The fraction of sp³-hybridized carbons (Fsp3) is 0.900. The van der Waals surface area contributed by atoms with E-state index in [1.165, 1.54) is 0 Å². The van der Waals surface area contributed by atoms with E-state index in [1.54, 1.807) is 7.11 Å². The molecule has 0 aliphatic rings. The van der Waals surface area contributed by atoms with E-state index in [0.717, 1.165) is 0 Å². The Morgan fingerprint density at radius 1 is 1.43 bits per heavy atom. The molecule has 0 spiro atoms. The van der Waals surface area contributed by atoms with Gasteiger partial charge in [-0.25, -0.2) is 0 Å². The summed E-state index contributed by atoms with van der Waals surface area (Å²) in [7, 11) is 1.61. The lowest BCUT2D eigenvalue weighted by Gasteiger charge is -2.17. The first-order valence-electron chi connectivity index (χ1n) is 5.01. The zero-order valence-electron chi connectivity index (χ0n) is 9.54. The second-order valence-corrected chi connectivity index (χ2v) is 4.04. The first-order chi connectivity index (χ1) is 6.47. The van der Waals surface area contributed by atoms with Crippen molar-refractivity contribution in [3.63, 3.8) is 0 Å². The van der Waals surface area contributed by atoms with Gasteiger partial charge < -0.3 is 15.8 Å². The van der Waals surface area contributed by atoms with Crippen LogP contribution in [0.5, 0.6) is 0 Å². The van der Waals surface area contributed by atoms with E-state index in [4.69, 9.17) is 10.5 Å². The molecule has 0 aromatic rings. The summed E-state index contributed by atoms with van der Waals surface area (Å²) in [4.78, 5) is 11.4. The first-order valence-corrected chi connectivity index (χ1v) is 5.01. The molecule has 2 atom stereocenters. The summed E-state index contributed by atoms with van der Waals surface area (Å²) in [6, 6.07) is -0.0170. The van der Waals surface area contributed by atoms with E-state index in [2.05, 4.69) is 5.32 Å². The minimum Gasteiger partial charge on any atom is -0.383 e. The van der Waals surface area contributed by atoms with Gasteiger partial charge in [-0.05, 0) is 12.8 Å². The number of hydrogen-bond donors (Lipinski definition) is 2. The summed E-state index contributed by atoms with van der Waals surface area (Å²) in [5.41, 5.74) is 5.77. The minimum absolute atomic E-state index is 0.00394. The van der Waals surface area contributed by atoms with E-state index < -0.39 is 0 Å². The topological polar surface area (TPSA) is 64.3 Å². The average molecular weight is 202 g/mol. The number of ether oxygens (including phenoxy) is 1. The number of carbonyl (C=O) groups excluding carboxylic acids is 1. The van der Waals surface area contributed by atoms with Crippen molar-refractivity contribution in [1.82, 2.24) is 5.32 Å². The molecule has 84 valence electrons. The van der Waals surface area contributed by atoms with Crippen LogP contribution in [0.4, 0.5) is 0 Å². The smallest absolute Gasteiger partial charge is 0.221 e. The average Bonchev–Trinajstić information content (AvgIpc) is 2.03. The lowest BCUT2D eigenvalue weighted by atomic mass is 10.0. The number of methoxy groups -OCH3 is 1. The van der Waals surface area contributed by atoms with Crippen molar-refractivity contribution in [2.75, 3.05) is 13.7 Å². The fourth-order valence-electron chi connectivity index (χ4n) is 1.08. The number of nitrogens with two attached hydrogens (primary N) is 1. The molecule has 3 N–H and O–H groups in total. The molecular weight excluding hydrogens is 180 g/mol. The van der Waals surface area contributed by atoms with Crippen molar-refractivity contribution in [3.05, 3.63) is 0 Å². The van der Waals surface area contributed by atoms with Gasteiger partial charge >= 0.3 is 0 Å². The van der Waals surface area contributed by atoms with Crippen LogP contribution in [0.1, 0.15) is 27.2 Å². The molecule has 0 rings (SSSR count). The fourth-order valence-corrected chi connectivity index (χ4v) is 1.08. The maximum absolute atomic E-state index is 11.4. The van der Waals surface area contributed by atoms with E-state index in [1.807, 2.05) is 20.8 Å². The zero-order valence-corrected chi connectivity index (χ0v) is 9.54. The van der Waals surface area contributed by atoms with Gasteiger partial charge in [0.05, 0.1) is 6.61 Å². The van der Waals surface area contributed by atoms with E-state index in [9.17, 15) is 4.79 Å². The highest BCUT2D eigenvalue weighted by molar-refractivity contribution is 5.76. The molecule has 0 aliphatic heterocycles. The van der Waals surface area contributed by atoms with Crippen LogP contribution in [0.2, 0.25) is 0 Å². The summed E-state index contributed by atoms with van der Waals surface area (Å²) in [6.07, 6.45) is 0.381. The molecule has 2 unspecified atom stereocenters. The van der Waals surface area contributed by atoms with Crippen molar-refractivity contribution >= 4 is 5.91 Å². The molecule has 0 saturated carbocycles. The van der Waals surface area contributed by atoms with Gasteiger partial charge in [-0.1, -0.05) is 13.8 Å². The third-order valence-electron chi connectivity index (χ3n) is 2.10. The third-order valence-corrected chi connectivity index (χ3v) is 2.10. The number of carbonyl (C=O) groups is 1.